The molecular weight excluding hydrogens is 237 g/mol. The van der Waals surface area contributed by atoms with E-state index in [0.29, 0.717) is 0 Å². The first-order valence-corrected chi connectivity index (χ1v) is 4.10. The van der Waals surface area contributed by atoms with Crippen molar-refractivity contribution in [3.63, 3.8) is 0 Å². The van der Waals surface area contributed by atoms with Crippen LogP contribution in [0.2, 0.25) is 0 Å². The van der Waals surface area contributed by atoms with Crippen molar-refractivity contribution in [2.24, 2.45) is 0 Å². The predicted molar refractivity (Wildman–Crippen MR) is 16.4 cm³/mol. The Morgan fingerprint density at radius 1 is 1.50 bits per heavy atom. The molecule has 0 amide bonds. The molecule has 0 fully saturated rings. The second-order valence-electron chi connectivity index (χ2n) is 1.21. The first-order valence-electron chi connectivity index (χ1n) is 1.35. The zero-order valence-corrected chi connectivity index (χ0v) is 8.70. The fourth-order valence-corrected chi connectivity index (χ4v) is 0. The Hall–Kier alpha value is 0.805. The van der Waals surface area contributed by atoms with Crippen molar-refractivity contribution < 1.29 is 25.6 Å². The van der Waals surface area contributed by atoms with Gasteiger partial charge >= 0.3 is 42.5 Å². The van der Waals surface area contributed by atoms with Crippen molar-refractivity contribution in [1.82, 2.24) is 0 Å². The van der Waals surface area contributed by atoms with Crippen molar-refractivity contribution in [3.8, 4) is 0 Å². The van der Waals surface area contributed by atoms with E-state index in [0.717, 1.165) is 25.6 Å². The molecule has 0 unspecified atom stereocenters. The van der Waals surface area contributed by atoms with Crippen molar-refractivity contribution in [3.05, 3.63) is 0 Å². The van der Waals surface area contributed by atoms with Gasteiger partial charge in [-0.3, -0.25) is 0 Å². The van der Waals surface area contributed by atoms with Crippen molar-refractivity contribution >= 4 is 3.00 Å². The Morgan fingerprint density at radius 2 is 1.50 bits per heavy atom. The van der Waals surface area contributed by atoms with Crippen LogP contribution in [0.3, 0.4) is 0 Å². The van der Waals surface area contributed by atoms with Crippen LogP contribution in [0, 0.1) is 0 Å². The van der Waals surface area contributed by atoms with Crippen LogP contribution in [-0.2, 0) is 25.6 Å². The normalized spacial score (nSPS) is 7.00. The molecule has 0 bridgehead atoms. The Balaban J connectivity index is 2.80. The van der Waals surface area contributed by atoms with E-state index in [9.17, 15) is 0 Å². The molecule has 4 heavy (non-hydrogen) atoms. The van der Waals surface area contributed by atoms with Crippen LogP contribution in [0.5, 0.6) is 0 Å². The summed E-state index contributed by atoms with van der Waals surface area (Å²) in [5.41, 5.74) is 0. The van der Waals surface area contributed by atoms with Gasteiger partial charge in [-0.05, 0) is 0 Å². The van der Waals surface area contributed by atoms with E-state index in [1.54, 1.807) is 3.00 Å². The van der Waals surface area contributed by atoms with Gasteiger partial charge in [-0.2, -0.15) is 0 Å². The van der Waals surface area contributed by atoms with E-state index in [1.165, 1.54) is 0 Å². The topological polar surface area (TPSA) is 0 Å². The number of hydrogen-bond donors (Lipinski definition) is 0. The first-order chi connectivity index (χ1) is 1.73. The van der Waals surface area contributed by atoms with Gasteiger partial charge in [0.1, 0.15) is 0 Å². The van der Waals surface area contributed by atoms with Crippen molar-refractivity contribution in [1.29, 1.82) is 0 Å². The Labute approximate surface area is 42.6 Å². The summed E-state index contributed by atoms with van der Waals surface area (Å²) in [5.74, 6) is 0. The van der Waals surface area contributed by atoms with E-state index >= 15 is 0 Å². The summed E-state index contributed by atoms with van der Waals surface area (Å²) in [6.45, 7) is 4.34. The average molecular weight is 243 g/mol. The van der Waals surface area contributed by atoms with E-state index in [2.05, 4.69) is 13.8 Å². The summed E-state index contributed by atoms with van der Waals surface area (Å²) in [4.78, 5) is 0. The molecule has 0 aliphatic carbocycles. The molecule has 0 aliphatic heterocycles. The molecule has 0 nitrogen and oxygen atoms in total. The molecule has 0 aromatic carbocycles. The van der Waals surface area contributed by atoms with Gasteiger partial charge in [0.15, 0.2) is 0 Å². The summed E-state index contributed by atoms with van der Waals surface area (Å²) in [6, 6.07) is 0. The SMILES string of the molecule is C[C](C)=[Hg]. The van der Waals surface area contributed by atoms with E-state index in [1.807, 2.05) is 0 Å². The maximum atomic E-state index is 2.17. The number of rotatable bonds is 0. The van der Waals surface area contributed by atoms with Crippen LogP contribution in [0.15, 0.2) is 0 Å². The molecule has 1 heteroatoms. The zero-order chi connectivity index (χ0) is 3.58. The molecule has 0 spiro atoms. The number of hydrogen-bond acceptors (Lipinski definition) is 0. The van der Waals surface area contributed by atoms with Crippen molar-refractivity contribution in [2.45, 2.75) is 13.8 Å². The van der Waals surface area contributed by atoms with Crippen LogP contribution in [0.1, 0.15) is 13.8 Å². The van der Waals surface area contributed by atoms with Gasteiger partial charge < -0.3 is 0 Å². The van der Waals surface area contributed by atoms with Gasteiger partial charge in [0, 0.05) is 0 Å². The maximum absolute atomic E-state index is 2.17. The third-order valence-electron chi connectivity index (χ3n) is 0. The van der Waals surface area contributed by atoms with Gasteiger partial charge in [-0.15, -0.1) is 0 Å². The Bertz CT molecular complexity index is 26.3. The summed E-state index contributed by atoms with van der Waals surface area (Å²) < 4.78 is 1.61. The van der Waals surface area contributed by atoms with Crippen LogP contribution >= 0.6 is 0 Å². The summed E-state index contributed by atoms with van der Waals surface area (Å²) in [5, 5.41) is 0. The first kappa shape index (κ1) is 4.81. The molecule has 0 saturated carbocycles. The summed E-state index contributed by atoms with van der Waals surface area (Å²) >= 11 is 0.938. The van der Waals surface area contributed by atoms with Gasteiger partial charge in [-0.25, -0.2) is 0 Å². The average Bonchev–Trinajstić information content (AvgIpc) is 0.811. The van der Waals surface area contributed by atoms with E-state index in [4.69, 9.17) is 0 Å². The molecule has 0 atom stereocenters. The molecule has 0 rings (SSSR count). The standard InChI is InChI=1S/C3H6.Hg/c1-3-2;/h1-2H3;. The zero-order valence-electron chi connectivity index (χ0n) is 3.21. The van der Waals surface area contributed by atoms with Gasteiger partial charge in [0.05, 0.1) is 0 Å². The molecule has 0 radical (unpaired) electrons. The third kappa shape index (κ3) is 14.1. The molecule has 20 valence electrons. The molecule has 0 heterocycles. The third-order valence-corrected chi connectivity index (χ3v) is 0. The van der Waals surface area contributed by atoms with Crippen LogP contribution in [0.4, 0.5) is 0 Å². The van der Waals surface area contributed by atoms with E-state index < -0.39 is 0 Å². The van der Waals surface area contributed by atoms with Crippen LogP contribution in [-0.4, -0.2) is 3.00 Å². The van der Waals surface area contributed by atoms with Crippen molar-refractivity contribution in [2.75, 3.05) is 0 Å². The van der Waals surface area contributed by atoms with E-state index in [-0.39, 0.29) is 0 Å². The fourth-order valence-electron chi connectivity index (χ4n) is 0. The van der Waals surface area contributed by atoms with Crippen LogP contribution in [0.25, 0.3) is 0 Å². The molecule has 0 aromatic heterocycles. The van der Waals surface area contributed by atoms with Crippen LogP contribution < -0.4 is 0 Å². The van der Waals surface area contributed by atoms with Gasteiger partial charge in [0.2, 0.25) is 0 Å². The second-order valence-corrected chi connectivity index (χ2v) is 6.70. The fraction of sp³-hybridized carbons (Fsp3) is 0.667. The van der Waals surface area contributed by atoms with Gasteiger partial charge in [0.25, 0.3) is 0 Å². The summed E-state index contributed by atoms with van der Waals surface area (Å²) in [6.07, 6.45) is 0. The minimum atomic E-state index is 0.938. The monoisotopic (exact) mass is 244 g/mol. The molecule has 0 saturated heterocycles. The second kappa shape index (κ2) is 2.07. The Kier molecular flexibility index (Phi) is 2.48. The Morgan fingerprint density at radius 3 is 1.50 bits per heavy atom. The predicted octanol–water partition coefficient (Wildman–Crippen LogP) is 0.745. The molecular formula is C3H6Hg. The molecule has 0 aliphatic rings. The quantitative estimate of drug-likeness (QED) is 0.550. The van der Waals surface area contributed by atoms with Gasteiger partial charge in [-0.1, -0.05) is 0 Å². The molecule has 0 aromatic rings. The summed E-state index contributed by atoms with van der Waals surface area (Å²) in [7, 11) is 0. The molecule has 0 N–H and O–H groups in total. The minimum absolute atomic E-state index is 0.938.